The number of rotatable bonds is 4. The average molecular weight is 299 g/mol. The minimum atomic E-state index is -0.234. The number of carbonyl (C=O) groups is 1. The van der Waals surface area contributed by atoms with Crippen LogP contribution in [-0.2, 0) is 16.1 Å². The molecule has 116 valence electrons. The van der Waals surface area contributed by atoms with Crippen molar-refractivity contribution >= 4 is 5.91 Å². The molecule has 3 rings (SSSR count). The molecule has 1 aromatic rings. The van der Waals surface area contributed by atoms with Crippen LogP contribution in [0.5, 0.6) is 0 Å². The minimum Gasteiger partial charge on any atom is -0.368 e. The second kappa shape index (κ2) is 6.75. The molecule has 1 aliphatic carbocycles. The third-order valence-corrected chi connectivity index (χ3v) is 4.04. The molecule has 2 aliphatic rings. The first-order valence-corrected chi connectivity index (χ1v) is 7.74. The van der Waals surface area contributed by atoms with Crippen LogP contribution in [0, 0.1) is 5.92 Å². The number of aryl methyl sites for hydroxylation is 1. The van der Waals surface area contributed by atoms with Crippen molar-refractivity contribution in [2.24, 2.45) is 5.92 Å². The highest BCUT2D eigenvalue weighted by Gasteiger charge is 2.34. The molecule has 2 heterocycles. The van der Waals surface area contributed by atoms with Crippen LogP contribution in [0.15, 0.2) is 48.8 Å². The van der Waals surface area contributed by atoms with Crippen LogP contribution in [-0.4, -0.2) is 28.1 Å². The summed E-state index contributed by atoms with van der Waals surface area (Å²) in [5.41, 5.74) is 0. The standard InChI is InChI=1S/C17H21N3O2/c1-2-20-11-10-18-16(20)15-14(9-12-22-15)19-17(21)13-7-5-3-4-6-8-13/h3-8,10-11,13-15H,2,9,12H2,1H3,(H,19,21)/t14-,15-/m0/s1. The van der Waals surface area contributed by atoms with Crippen molar-refractivity contribution in [1.82, 2.24) is 14.9 Å². The molecule has 5 nitrogen and oxygen atoms in total. The summed E-state index contributed by atoms with van der Waals surface area (Å²) in [5.74, 6) is 0.660. The number of ether oxygens (including phenoxy) is 1. The fraction of sp³-hybridized carbons (Fsp3) is 0.412. The van der Waals surface area contributed by atoms with E-state index in [1.807, 2.05) is 42.7 Å². The van der Waals surface area contributed by atoms with E-state index in [1.54, 1.807) is 6.20 Å². The van der Waals surface area contributed by atoms with Gasteiger partial charge in [-0.3, -0.25) is 4.79 Å². The molecule has 22 heavy (non-hydrogen) atoms. The van der Waals surface area contributed by atoms with Gasteiger partial charge in [-0.25, -0.2) is 4.98 Å². The van der Waals surface area contributed by atoms with Crippen LogP contribution in [0.2, 0.25) is 0 Å². The zero-order chi connectivity index (χ0) is 15.4. The number of imidazole rings is 1. The van der Waals surface area contributed by atoms with E-state index in [4.69, 9.17) is 4.74 Å². The van der Waals surface area contributed by atoms with Gasteiger partial charge in [0.05, 0.1) is 12.0 Å². The maximum atomic E-state index is 12.5. The lowest BCUT2D eigenvalue weighted by Crippen LogP contribution is -2.40. The summed E-state index contributed by atoms with van der Waals surface area (Å²) in [7, 11) is 0. The predicted molar refractivity (Wildman–Crippen MR) is 84.1 cm³/mol. The highest BCUT2D eigenvalue weighted by molar-refractivity contribution is 5.82. The minimum absolute atomic E-state index is 0.00584. The predicted octanol–water partition coefficient (Wildman–Crippen LogP) is 2.15. The van der Waals surface area contributed by atoms with E-state index < -0.39 is 0 Å². The number of allylic oxidation sites excluding steroid dienone is 4. The molecule has 1 amide bonds. The molecule has 0 spiro atoms. The monoisotopic (exact) mass is 299 g/mol. The maximum absolute atomic E-state index is 12.5. The Bertz CT molecular complexity index is 599. The number of nitrogens with one attached hydrogen (secondary N) is 1. The first-order chi connectivity index (χ1) is 10.8. The van der Waals surface area contributed by atoms with E-state index in [9.17, 15) is 4.79 Å². The lowest BCUT2D eigenvalue weighted by atomic mass is 10.1. The topological polar surface area (TPSA) is 56.1 Å². The first-order valence-electron chi connectivity index (χ1n) is 7.74. The second-order valence-electron chi connectivity index (χ2n) is 5.45. The molecule has 1 fully saturated rings. The van der Waals surface area contributed by atoms with Gasteiger partial charge in [0.1, 0.15) is 11.9 Å². The Labute approximate surface area is 130 Å². The molecular formula is C17H21N3O2. The first kappa shape index (κ1) is 14.8. The van der Waals surface area contributed by atoms with Gasteiger partial charge in [-0.1, -0.05) is 36.5 Å². The van der Waals surface area contributed by atoms with E-state index in [0.717, 1.165) is 18.8 Å². The summed E-state index contributed by atoms with van der Waals surface area (Å²) in [5, 5.41) is 3.12. The van der Waals surface area contributed by atoms with Gasteiger partial charge in [0.15, 0.2) is 0 Å². The molecule has 5 heteroatoms. The zero-order valence-corrected chi connectivity index (χ0v) is 12.7. The van der Waals surface area contributed by atoms with E-state index in [2.05, 4.69) is 21.8 Å². The van der Waals surface area contributed by atoms with Crippen LogP contribution in [0.1, 0.15) is 25.3 Å². The Morgan fingerprint density at radius 3 is 2.86 bits per heavy atom. The number of nitrogens with zero attached hydrogens (tertiary/aromatic N) is 2. The normalized spacial score (nSPS) is 24.6. The van der Waals surface area contributed by atoms with Crippen molar-refractivity contribution in [3.63, 3.8) is 0 Å². The molecular weight excluding hydrogens is 278 g/mol. The Kier molecular flexibility index (Phi) is 4.53. The molecule has 1 aliphatic heterocycles. The van der Waals surface area contributed by atoms with Crippen molar-refractivity contribution in [2.45, 2.75) is 32.0 Å². The fourth-order valence-electron chi connectivity index (χ4n) is 2.85. The maximum Gasteiger partial charge on any atom is 0.231 e. The number of hydrogen-bond acceptors (Lipinski definition) is 3. The van der Waals surface area contributed by atoms with E-state index in [1.165, 1.54) is 0 Å². The Morgan fingerprint density at radius 2 is 2.14 bits per heavy atom. The van der Waals surface area contributed by atoms with Crippen LogP contribution in [0.25, 0.3) is 0 Å². The zero-order valence-electron chi connectivity index (χ0n) is 12.7. The van der Waals surface area contributed by atoms with E-state index >= 15 is 0 Å². The van der Waals surface area contributed by atoms with Gasteiger partial charge in [0, 0.05) is 25.5 Å². The molecule has 1 saturated heterocycles. The average Bonchev–Trinajstić information content (AvgIpc) is 3.08. The van der Waals surface area contributed by atoms with Gasteiger partial charge in [-0.05, 0) is 13.3 Å². The summed E-state index contributed by atoms with van der Waals surface area (Å²) < 4.78 is 7.88. The van der Waals surface area contributed by atoms with Gasteiger partial charge >= 0.3 is 0 Å². The number of carbonyl (C=O) groups excluding carboxylic acids is 1. The molecule has 0 radical (unpaired) electrons. The largest absolute Gasteiger partial charge is 0.368 e. The quantitative estimate of drug-likeness (QED) is 0.927. The summed E-state index contributed by atoms with van der Waals surface area (Å²) in [4.78, 5) is 16.9. The van der Waals surface area contributed by atoms with Gasteiger partial charge in [-0.15, -0.1) is 0 Å². The highest BCUT2D eigenvalue weighted by Crippen LogP contribution is 2.28. The Morgan fingerprint density at radius 1 is 1.36 bits per heavy atom. The van der Waals surface area contributed by atoms with Crippen LogP contribution in [0.4, 0.5) is 0 Å². The smallest absolute Gasteiger partial charge is 0.231 e. The molecule has 0 unspecified atom stereocenters. The molecule has 0 saturated carbocycles. The molecule has 0 bridgehead atoms. The molecule has 0 aromatic carbocycles. The Hall–Kier alpha value is -2.14. The molecule has 2 atom stereocenters. The summed E-state index contributed by atoms with van der Waals surface area (Å²) in [6.45, 7) is 3.56. The number of amides is 1. The van der Waals surface area contributed by atoms with Gasteiger partial charge in [0.25, 0.3) is 0 Å². The number of aromatic nitrogens is 2. The third-order valence-electron chi connectivity index (χ3n) is 4.04. The summed E-state index contributed by atoms with van der Waals surface area (Å²) >= 11 is 0. The summed E-state index contributed by atoms with van der Waals surface area (Å²) in [6, 6.07) is -0.0294. The lowest BCUT2D eigenvalue weighted by molar-refractivity contribution is -0.123. The van der Waals surface area contributed by atoms with Crippen LogP contribution < -0.4 is 5.32 Å². The SMILES string of the molecule is CCn1ccnc1[C@H]1OCC[C@@H]1NC(=O)C1C=CC=CC=C1. The summed E-state index contributed by atoms with van der Waals surface area (Å²) in [6.07, 6.45) is 15.8. The van der Waals surface area contributed by atoms with Crippen molar-refractivity contribution < 1.29 is 9.53 Å². The molecule has 1 aromatic heterocycles. The van der Waals surface area contributed by atoms with Crippen molar-refractivity contribution in [3.05, 3.63) is 54.7 Å². The molecule has 1 N–H and O–H groups in total. The highest BCUT2D eigenvalue weighted by atomic mass is 16.5. The van der Waals surface area contributed by atoms with Crippen molar-refractivity contribution in [1.29, 1.82) is 0 Å². The van der Waals surface area contributed by atoms with E-state index in [0.29, 0.717) is 6.61 Å². The van der Waals surface area contributed by atoms with Crippen LogP contribution >= 0.6 is 0 Å². The van der Waals surface area contributed by atoms with Gasteiger partial charge in [-0.2, -0.15) is 0 Å². The van der Waals surface area contributed by atoms with Gasteiger partial charge < -0.3 is 14.6 Å². The van der Waals surface area contributed by atoms with Crippen LogP contribution in [0.3, 0.4) is 0 Å². The van der Waals surface area contributed by atoms with Crippen molar-refractivity contribution in [2.75, 3.05) is 6.61 Å². The Balaban J connectivity index is 1.70. The second-order valence-corrected chi connectivity index (χ2v) is 5.45. The lowest BCUT2D eigenvalue weighted by Gasteiger charge is -2.21. The number of hydrogen-bond donors (Lipinski definition) is 1. The third kappa shape index (κ3) is 3.04. The fourth-order valence-corrected chi connectivity index (χ4v) is 2.85. The van der Waals surface area contributed by atoms with Gasteiger partial charge in [0.2, 0.25) is 5.91 Å². The van der Waals surface area contributed by atoms with Crippen molar-refractivity contribution in [3.8, 4) is 0 Å². The van der Waals surface area contributed by atoms with E-state index in [-0.39, 0.29) is 24.0 Å².